The Morgan fingerprint density at radius 3 is 2.64 bits per heavy atom. The van der Waals surface area contributed by atoms with Crippen molar-refractivity contribution in [3.05, 3.63) is 35.9 Å². The smallest absolute Gasteiger partial charge is 0.312 e. The van der Waals surface area contributed by atoms with E-state index in [1.54, 1.807) is 0 Å². The Labute approximate surface area is 87.3 Å². The molecule has 0 fully saturated rings. The average molecular weight is 196 g/mol. The first-order valence-electron chi connectivity index (χ1n) is 4.86. The van der Waals surface area contributed by atoms with E-state index < -0.39 is 6.03 Å². The summed E-state index contributed by atoms with van der Waals surface area (Å²) in [5.41, 5.74) is 6.28. The highest BCUT2D eigenvalue weighted by molar-refractivity contribution is 5.71. The van der Waals surface area contributed by atoms with Crippen molar-refractivity contribution in [1.82, 2.24) is 5.32 Å². The number of rotatable bonds is 5. The summed E-state index contributed by atoms with van der Waals surface area (Å²) in [5.74, 6) is 0. The molecule has 0 radical (unpaired) electrons. The number of nitrogens with two attached hydrogens (primary N) is 1. The van der Waals surface area contributed by atoms with Crippen molar-refractivity contribution in [2.75, 3.05) is 6.54 Å². The van der Waals surface area contributed by atoms with Gasteiger partial charge in [-0.15, -0.1) is 0 Å². The highest BCUT2D eigenvalue weighted by Gasteiger charge is 1.93. The Kier molecular flexibility index (Phi) is 4.55. The van der Waals surface area contributed by atoms with Gasteiger partial charge in [0.2, 0.25) is 0 Å². The minimum absolute atomic E-state index is 0. The zero-order chi connectivity index (χ0) is 10.2. The van der Waals surface area contributed by atoms with Crippen molar-refractivity contribution in [1.29, 1.82) is 0 Å². The molecule has 0 bridgehead atoms. The van der Waals surface area contributed by atoms with E-state index in [0.29, 0.717) is 6.54 Å². The van der Waals surface area contributed by atoms with Crippen molar-refractivity contribution >= 4 is 6.03 Å². The Morgan fingerprint density at radius 2 is 2.00 bits per heavy atom. The Morgan fingerprint density at radius 1 is 1.29 bits per heavy atom. The van der Waals surface area contributed by atoms with Gasteiger partial charge in [-0.2, -0.15) is 0 Å². The molecule has 0 aliphatic heterocycles. The Hall–Kier alpha value is -1.51. The predicted octanol–water partition coefficient (Wildman–Crippen LogP) is 2.17. The van der Waals surface area contributed by atoms with Crippen molar-refractivity contribution in [3.63, 3.8) is 0 Å². The van der Waals surface area contributed by atoms with E-state index >= 15 is 0 Å². The number of amides is 2. The van der Waals surface area contributed by atoms with Crippen LogP contribution < -0.4 is 11.1 Å². The number of carbonyl (C=O) groups excluding carboxylic acids is 1. The van der Waals surface area contributed by atoms with Crippen LogP contribution in [-0.2, 0) is 6.42 Å². The number of urea groups is 1. The first-order chi connectivity index (χ1) is 6.79. The highest BCUT2D eigenvalue weighted by Crippen LogP contribution is 2.03. The maximum absolute atomic E-state index is 10.3. The molecule has 0 heterocycles. The van der Waals surface area contributed by atoms with Crippen LogP contribution in [0.25, 0.3) is 0 Å². The molecule has 14 heavy (non-hydrogen) atoms. The largest absolute Gasteiger partial charge is 0.352 e. The van der Waals surface area contributed by atoms with E-state index in [0.717, 1.165) is 19.3 Å². The molecule has 0 aliphatic rings. The van der Waals surface area contributed by atoms with E-state index in [9.17, 15) is 4.79 Å². The molecule has 1 aromatic rings. The maximum atomic E-state index is 10.3. The summed E-state index contributed by atoms with van der Waals surface area (Å²) < 4.78 is 0. The Balaban J connectivity index is 0. The molecular formula is C11H20N2O. The molecule has 3 heteroatoms. The lowest BCUT2D eigenvalue weighted by Crippen LogP contribution is -2.30. The molecule has 0 saturated carbocycles. The van der Waals surface area contributed by atoms with Crippen LogP contribution in [0.2, 0.25) is 0 Å². The third-order valence-corrected chi connectivity index (χ3v) is 2.03. The van der Waals surface area contributed by atoms with Gasteiger partial charge in [-0.1, -0.05) is 30.3 Å². The lowest BCUT2D eigenvalue weighted by molar-refractivity contribution is 0.248. The van der Waals surface area contributed by atoms with Gasteiger partial charge in [-0.05, 0) is 24.8 Å². The monoisotopic (exact) mass is 196 g/mol. The lowest BCUT2D eigenvalue weighted by Gasteiger charge is -2.02. The van der Waals surface area contributed by atoms with Crippen LogP contribution in [0, 0.1) is 0 Å². The van der Waals surface area contributed by atoms with Crippen LogP contribution >= 0.6 is 0 Å². The second kappa shape index (κ2) is 6.02. The lowest BCUT2D eigenvalue weighted by atomic mass is 10.1. The summed E-state index contributed by atoms with van der Waals surface area (Å²) in [4.78, 5) is 10.3. The second-order valence-electron chi connectivity index (χ2n) is 3.23. The third-order valence-electron chi connectivity index (χ3n) is 2.03. The van der Waals surface area contributed by atoms with E-state index in [1.165, 1.54) is 5.56 Å². The van der Waals surface area contributed by atoms with Gasteiger partial charge in [0.1, 0.15) is 0 Å². The van der Waals surface area contributed by atoms with Crippen LogP contribution in [0.1, 0.15) is 21.3 Å². The summed E-state index contributed by atoms with van der Waals surface area (Å²) in [6.45, 7) is 0.669. The number of primary amides is 1. The molecule has 0 saturated heterocycles. The molecule has 0 atom stereocenters. The molecule has 0 aromatic heterocycles. The molecule has 80 valence electrons. The van der Waals surface area contributed by atoms with Gasteiger partial charge < -0.3 is 11.1 Å². The van der Waals surface area contributed by atoms with E-state index in [-0.39, 0.29) is 2.85 Å². The number of nitrogens with one attached hydrogen (secondary N) is 1. The number of hydrogen-bond acceptors (Lipinski definition) is 1. The summed E-state index contributed by atoms with van der Waals surface area (Å²) in [7, 11) is 0. The van der Waals surface area contributed by atoms with Crippen molar-refractivity contribution in [3.8, 4) is 0 Å². The predicted molar refractivity (Wildman–Crippen MR) is 61.2 cm³/mol. The minimum atomic E-state index is -0.440. The summed E-state index contributed by atoms with van der Waals surface area (Å²) in [5, 5.41) is 2.57. The fraction of sp³-hybridized carbons (Fsp3) is 0.364. The highest BCUT2D eigenvalue weighted by atomic mass is 16.2. The number of carbonyl (C=O) groups is 1. The maximum Gasteiger partial charge on any atom is 0.312 e. The van der Waals surface area contributed by atoms with Crippen LogP contribution in [0.15, 0.2) is 30.3 Å². The topological polar surface area (TPSA) is 55.1 Å². The van der Waals surface area contributed by atoms with Gasteiger partial charge >= 0.3 is 6.03 Å². The first-order valence-corrected chi connectivity index (χ1v) is 4.86. The normalized spacial score (nSPS) is 9.71. The molecule has 3 nitrogen and oxygen atoms in total. The van der Waals surface area contributed by atoms with Crippen LogP contribution in [0.5, 0.6) is 0 Å². The molecule has 0 aliphatic carbocycles. The molecule has 0 spiro atoms. The number of aryl methyl sites for hydroxylation is 1. The molecule has 0 unspecified atom stereocenters. The number of benzene rings is 1. The quantitative estimate of drug-likeness (QED) is 0.697. The zero-order valence-electron chi connectivity index (χ0n) is 8.20. The third kappa shape index (κ3) is 4.50. The first kappa shape index (κ1) is 10.6. The Bertz CT molecular complexity index is 281. The van der Waals surface area contributed by atoms with Crippen LogP contribution in [0.3, 0.4) is 0 Å². The molecule has 1 aromatic carbocycles. The number of unbranched alkanes of at least 4 members (excludes halogenated alkanes) is 1. The fourth-order valence-electron chi connectivity index (χ4n) is 1.31. The van der Waals surface area contributed by atoms with Gasteiger partial charge in [0.15, 0.2) is 0 Å². The van der Waals surface area contributed by atoms with Gasteiger partial charge in [0.25, 0.3) is 0 Å². The summed E-state index contributed by atoms with van der Waals surface area (Å²) in [6.07, 6.45) is 3.10. The SMILES string of the molecule is NC(=O)NCCCCc1ccccc1.[HH].[HH]. The fourth-order valence-corrected chi connectivity index (χ4v) is 1.31. The standard InChI is InChI=1S/C11H16N2O.2H2/c12-11(14)13-9-5-4-8-10-6-2-1-3-7-10;;/h1-3,6-7H,4-5,8-9H2,(H3,12,13,14);2*1H. The zero-order valence-corrected chi connectivity index (χ0v) is 8.20. The van der Waals surface area contributed by atoms with Crippen molar-refractivity contribution in [2.24, 2.45) is 5.73 Å². The summed E-state index contributed by atoms with van der Waals surface area (Å²) in [6, 6.07) is 9.87. The minimum Gasteiger partial charge on any atom is -0.352 e. The van der Waals surface area contributed by atoms with Crippen molar-refractivity contribution < 1.29 is 7.65 Å². The van der Waals surface area contributed by atoms with E-state index in [4.69, 9.17) is 5.73 Å². The summed E-state index contributed by atoms with van der Waals surface area (Å²) >= 11 is 0. The molecule has 1 rings (SSSR count). The molecule has 2 amide bonds. The van der Waals surface area contributed by atoms with E-state index in [1.807, 2.05) is 18.2 Å². The van der Waals surface area contributed by atoms with Crippen LogP contribution in [0.4, 0.5) is 4.79 Å². The van der Waals surface area contributed by atoms with Gasteiger partial charge in [-0.25, -0.2) is 4.79 Å². The van der Waals surface area contributed by atoms with Crippen LogP contribution in [-0.4, -0.2) is 12.6 Å². The van der Waals surface area contributed by atoms with Gasteiger partial charge in [0.05, 0.1) is 0 Å². The average Bonchev–Trinajstić information content (AvgIpc) is 2.18. The van der Waals surface area contributed by atoms with E-state index in [2.05, 4.69) is 17.4 Å². The second-order valence-corrected chi connectivity index (χ2v) is 3.23. The van der Waals surface area contributed by atoms with Gasteiger partial charge in [0, 0.05) is 9.40 Å². The number of hydrogen-bond donors (Lipinski definition) is 2. The van der Waals surface area contributed by atoms with Crippen molar-refractivity contribution in [2.45, 2.75) is 19.3 Å². The molecule has 3 N–H and O–H groups in total. The van der Waals surface area contributed by atoms with Gasteiger partial charge in [-0.3, -0.25) is 0 Å². The molecular weight excluding hydrogens is 176 g/mol.